The predicted octanol–water partition coefficient (Wildman–Crippen LogP) is 3.53. The van der Waals surface area contributed by atoms with Gasteiger partial charge in [-0.15, -0.1) is 11.3 Å². The van der Waals surface area contributed by atoms with E-state index in [-0.39, 0.29) is 5.78 Å². The Bertz CT molecular complexity index is 668. The molecule has 3 aromatic rings. The largest absolute Gasteiger partial charge is 0.288 e. The van der Waals surface area contributed by atoms with Gasteiger partial charge in [0.25, 0.3) is 0 Å². The molecule has 0 radical (unpaired) electrons. The number of nitrogens with zero attached hydrogens (tertiary/aromatic N) is 1. The van der Waals surface area contributed by atoms with Crippen LogP contribution in [0.25, 0.3) is 10.8 Å². The van der Waals surface area contributed by atoms with Gasteiger partial charge in [-0.3, -0.25) is 9.78 Å². The molecular formula is C14H9NOS. The Labute approximate surface area is 103 Å². The number of rotatable bonds is 2. The average molecular weight is 239 g/mol. The third-order valence-corrected chi connectivity index (χ3v) is 3.54. The van der Waals surface area contributed by atoms with Gasteiger partial charge in [-0.05, 0) is 22.9 Å². The van der Waals surface area contributed by atoms with Crippen LogP contribution < -0.4 is 0 Å². The maximum Gasteiger partial charge on any atom is 0.203 e. The van der Waals surface area contributed by atoms with Gasteiger partial charge in [0.1, 0.15) is 0 Å². The molecule has 2 aromatic heterocycles. The smallest absolute Gasteiger partial charge is 0.203 e. The van der Waals surface area contributed by atoms with Gasteiger partial charge in [-0.2, -0.15) is 0 Å². The van der Waals surface area contributed by atoms with Gasteiger partial charge in [0.15, 0.2) is 0 Å². The van der Waals surface area contributed by atoms with Crippen LogP contribution in [-0.4, -0.2) is 10.8 Å². The van der Waals surface area contributed by atoms with E-state index < -0.39 is 0 Å². The number of hydrogen-bond acceptors (Lipinski definition) is 3. The van der Waals surface area contributed by atoms with Crippen molar-refractivity contribution in [3.05, 3.63) is 64.6 Å². The number of thiophene rings is 1. The fourth-order valence-electron chi connectivity index (χ4n) is 1.85. The number of ketones is 1. The summed E-state index contributed by atoms with van der Waals surface area (Å²) >= 11 is 1.46. The molecule has 3 rings (SSSR count). The molecule has 0 bridgehead atoms. The highest BCUT2D eigenvalue weighted by Crippen LogP contribution is 2.22. The summed E-state index contributed by atoms with van der Waals surface area (Å²) in [6.07, 6.45) is 3.48. The van der Waals surface area contributed by atoms with E-state index in [1.165, 1.54) is 11.3 Å². The van der Waals surface area contributed by atoms with Crippen LogP contribution in [-0.2, 0) is 0 Å². The summed E-state index contributed by atoms with van der Waals surface area (Å²) < 4.78 is 0. The first-order valence-corrected chi connectivity index (χ1v) is 6.15. The lowest BCUT2D eigenvalue weighted by atomic mass is 10.0. The van der Waals surface area contributed by atoms with Crippen molar-refractivity contribution in [1.29, 1.82) is 0 Å². The van der Waals surface area contributed by atoms with E-state index in [9.17, 15) is 4.79 Å². The van der Waals surface area contributed by atoms with E-state index in [1.54, 1.807) is 12.4 Å². The molecule has 0 aliphatic heterocycles. The molecule has 17 heavy (non-hydrogen) atoms. The highest BCUT2D eigenvalue weighted by atomic mass is 32.1. The summed E-state index contributed by atoms with van der Waals surface area (Å²) in [4.78, 5) is 17.2. The zero-order valence-corrected chi connectivity index (χ0v) is 9.78. The number of carbonyl (C=O) groups is 1. The first-order chi connectivity index (χ1) is 8.36. The number of benzene rings is 1. The van der Waals surface area contributed by atoms with Crippen LogP contribution in [0.4, 0.5) is 0 Å². The van der Waals surface area contributed by atoms with Gasteiger partial charge in [-0.1, -0.05) is 24.3 Å². The second-order valence-corrected chi connectivity index (χ2v) is 4.66. The minimum absolute atomic E-state index is 0.0681. The standard InChI is InChI=1S/C14H9NOS/c16-14(13-5-2-8-17-13)11-4-1-3-10-6-7-15-9-12(10)11/h1-9H. The van der Waals surface area contributed by atoms with Gasteiger partial charge in [0.05, 0.1) is 4.88 Å². The van der Waals surface area contributed by atoms with E-state index in [0.29, 0.717) is 0 Å². The molecular weight excluding hydrogens is 230 g/mol. The Hall–Kier alpha value is -2.00. The average Bonchev–Trinajstić information content (AvgIpc) is 2.91. The number of hydrogen-bond donors (Lipinski definition) is 0. The molecule has 0 fully saturated rings. The van der Waals surface area contributed by atoms with Crippen molar-refractivity contribution in [2.45, 2.75) is 0 Å². The summed E-state index contributed by atoms with van der Waals surface area (Å²) in [5.74, 6) is 0.0681. The second kappa shape index (κ2) is 4.11. The van der Waals surface area contributed by atoms with Crippen LogP contribution in [0, 0.1) is 0 Å². The van der Waals surface area contributed by atoms with Crippen LogP contribution in [0.1, 0.15) is 15.2 Å². The molecule has 0 aliphatic carbocycles. The number of carbonyl (C=O) groups excluding carboxylic acids is 1. The summed E-state index contributed by atoms with van der Waals surface area (Å²) in [6.45, 7) is 0. The Morgan fingerprint density at radius 2 is 2.06 bits per heavy atom. The lowest BCUT2D eigenvalue weighted by Crippen LogP contribution is -1.99. The Balaban J connectivity index is 2.21. The first-order valence-electron chi connectivity index (χ1n) is 5.27. The van der Waals surface area contributed by atoms with Crippen LogP contribution in [0.3, 0.4) is 0 Å². The third-order valence-electron chi connectivity index (χ3n) is 2.67. The summed E-state index contributed by atoms with van der Waals surface area (Å²) in [7, 11) is 0. The molecule has 2 heterocycles. The van der Waals surface area contributed by atoms with Crippen molar-refractivity contribution in [2.24, 2.45) is 0 Å². The molecule has 0 unspecified atom stereocenters. The maximum atomic E-state index is 12.3. The summed E-state index contributed by atoms with van der Waals surface area (Å²) in [6, 6.07) is 11.4. The fourth-order valence-corrected chi connectivity index (χ4v) is 2.53. The molecule has 0 atom stereocenters. The maximum absolute atomic E-state index is 12.3. The van der Waals surface area contributed by atoms with E-state index in [1.807, 2.05) is 41.8 Å². The summed E-state index contributed by atoms with van der Waals surface area (Å²) in [5.41, 5.74) is 0.720. The molecule has 3 heteroatoms. The van der Waals surface area contributed by atoms with Gasteiger partial charge < -0.3 is 0 Å². The van der Waals surface area contributed by atoms with Crippen LogP contribution in [0.2, 0.25) is 0 Å². The number of aromatic nitrogens is 1. The van der Waals surface area contributed by atoms with Gasteiger partial charge >= 0.3 is 0 Å². The van der Waals surface area contributed by atoms with Crippen LogP contribution >= 0.6 is 11.3 Å². The van der Waals surface area contributed by atoms with Gasteiger partial charge in [0.2, 0.25) is 5.78 Å². The quantitative estimate of drug-likeness (QED) is 0.640. The molecule has 0 spiro atoms. The number of pyridine rings is 1. The van der Waals surface area contributed by atoms with Crippen molar-refractivity contribution in [1.82, 2.24) is 4.98 Å². The molecule has 0 N–H and O–H groups in total. The monoisotopic (exact) mass is 239 g/mol. The molecule has 0 saturated heterocycles. The fraction of sp³-hybridized carbons (Fsp3) is 0. The van der Waals surface area contributed by atoms with E-state index >= 15 is 0 Å². The van der Waals surface area contributed by atoms with Crippen molar-refractivity contribution in [3.8, 4) is 0 Å². The lowest BCUT2D eigenvalue weighted by Gasteiger charge is -2.03. The Kier molecular flexibility index (Phi) is 2.46. The first kappa shape index (κ1) is 10.2. The van der Waals surface area contributed by atoms with Crippen molar-refractivity contribution in [3.63, 3.8) is 0 Å². The molecule has 0 aliphatic rings. The van der Waals surface area contributed by atoms with Crippen molar-refractivity contribution < 1.29 is 4.79 Å². The van der Waals surface area contributed by atoms with E-state index in [0.717, 1.165) is 21.2 Å². The Morgan fingerprint density at radius 1 is 1.12 bits per heavy atom. The van der Waals surface area contributed by atoms with Gasteiger partial charge in [-0.25, -0.2) is 0 Å². The molecule has 0 amide bonds. The molecule has 0 saturated carbocycles. The molecule has 2 nitrogen and oxygen atoms in total. The zero-order chi connectivity index (χ0) is 11.7. The molecule has 82 valence electrons. The lowest BCUT2D eigenvalue weighted by molar-refractivity contribution is 0.104. The van der Waals surface area contributed by atoms with E-state index in [2.05, 4.69) is 4.98 Å². The minimum atomic E-state index is 0.0681. The zero-order valence-electron chi connectivity index (χ0n) is 8.96. The SMILES string of the molecule is O=C(c1cccs1)c1cccc2ccncc12. The minimum Gasteiger partial charge on any atom is -0.288 e. The number of fused-ring (bicyclic) bond motifs is 1. The highest BCUT2D eigenvalue weighted by molar-refractivity contribution is 7.12. The normalized spacial score (nSPS) is 10.6. The topological polar surface area (TPSA) is 30.0 Å². The van der Waals surface area contributed by atoms with Gasteiger partial charge in [0, 0.05) is 23.3 Å². The van der Waals surface area contributed by atoms with Crippen molar-refractivity contribution in [2.75, 3.05) is 0 Å². The third kappa shape index (κ3) is 1.74. The Morgan fingerprint density at radius 3 is 2.88 bits per heavy atom. The van der Waals surface area contributed by atoms with Crippen molar-refractivity contribution >= 4 is 27.9 Å². The second-order valence-electron chi connectivity index (χ2n) is 3.71. The predicted molar refractivity (Wildman–Crippen MR) is 69.5 cm³/mol. The van der Waals surface area contributed by atoms with Crippen LogP contribution in [0.15, 0.2) is 54.2 Å². The van der Waals surface area contributed by atoms with Crippen LogP contribution in [0.5, 0.6) is 0 Å². The summed E-state index contributed by atoms with van der Waals surface area (Å²) in [5, 5.41) is 3.87. The highest BCUT2D eigenvalue weighted by Gasteiger charge is 2.12. The van der Waals surface area contributed by atoms with E-state index in [4.69, 9.17) is 0 Å². The molecule has 1 aromatic carbocycles.